The van der Waals surface area contributed by atoms with Crippen molar-refractivity contribution in [1.82, 2.24) is 9.38 Å². The highest BCUT2D eigenvalue weighted by molar-refractivity contribution is 6.03. The van der Waals surface area contributed by atoms with E-state index in [9.17, 15) is 14.4 Å². The number of hydrogen-bond donors (Lipinski definition) is 1. The maximum atomic E-state index is 12.6. The van der Waals surface area contributed by atoms with Gasteiger partial charge in [0.2, 0.25) is 0 Å². The predicted octanol–water partition coefficient (Wildman–Crippen LogP) is 2.36. The number of rotatable bonds is 3. The Morgan fingerprint density at radius 1 is 1.12 bits per heavy atom. The quantitative estimate of drug-likeness (QED) is 0.738. The molecule has 0 aliphatic heterocycles. The van der Waals surface area contributed by atoms with Crippen molar-refractivity contribution in [3.63, 3.8) is 0 Å². The van der Waals surface area contributed by atoms with Crippen LogP contribution in [0.2, 0.25) is 0 Å². The number of fused-ring (bicyclic) bond motifs is 3. The highest BCUT2D eigenvalue weighted by atomic mass is 16.5. The van der Waals surface area contributed by atoms with Crippen molar-refractivity contribution in [1.29, 1.82) is 0 Å². The molecule has 7 nitrogen and oxygen atoms in total. The van der Waals surface area contributed by atoms with Crippen molar-refractivity contribution in [3.8, 4) is 0 Å². The van der Waals surface area contributed by atoms with Crippen molar-refractivity contribution in [2.45, 2.75) is 20.8 Å². The van der Waals surface area contributed by atoms with E-state index >= 15 is 0 Å². The lowest BCUT2D eigenvalue weighted by molar-refractivity contribution is 0.0519. The average molecular weight is 342 g/mol. The first-order valence-corrected chi connectivity index (χ1v) is 7.83. The van der Waals surface area contributed by atoms with E-state index in [4.69, 9.17) is 9.47 Å². The summed E-state index contributed by atoms with van der Waals surface area (Å²) in [5.41, 5.74) is 2.87. The molecule has 130 valence electrons. The second-order valence-electron chi connectivity index (χ2n) is 5.75. The normalized spacial score (nSPS) is 11.0. The molecule has 3 rings (SSSR count). The number of esters is 2. The standard InChI is InChI=1S/C18H18N2O5/c1-5-25-18(23)14-8-11(17(22)24-4)15-16(21)19-12-6-9(2)10(3)7-13(12)20(14)15/h6-8H,5H2,1-4H3,(H,19,21). The van der Waals surface area contributed by atoms with Crippen LogP contribution in [0.15, 0.2) is 23.0 Å². The highest BCUT2D eigenvalue weighted by Gasteiger charge is 2.25. The predicted molar refractivity (Wildman–Crippen MR) is 92.3 cm³/mol. The second-order valence-corrected chi connectivity index (χ2v) is 5.75. The van der Waals surface area contributed by atoms with Gasteiger partial charge in [-0.25, -0.2) is 9.59 Å². The van der Waals surface area contributed by atoms with Crippen molar-refractivity contribution in [3.05, 3.63) is 50.9 Å². The van der Waals surface area contributed by atoms with Gasteiger partial charge in [-0.05, 0) is 50.1 Å². The third-order valence-electron chi connectivity index (χ3n) is 4.21. The lowest BCUT2D eigenvalue weighted by Gasteiger charge is -2.09. The van der Waals surface area contributed by atoms with Crippen LogP contribution in [0.3, 0.4) is 0 Å². The monoisotopic (exact) mass is 342 g/mol. The number of nitrogens with zero attached hydrogens (tertiary/aromatic N) is 1. The number of ether oxygens (including phenoxy) is 2. The third kappa shape index (κ3) is 2.57. The summed E-state index contributed by atoms with van der Waals surface area (Å²) in [4.78, 5) is 39.8. The Bertz CT molecular complexity index is 1070. The van der Waals surface area contributed by atoms with Crippen LogP contribution in [0.25, 0.3) is 16.6 Å². The SMILES string of the molecule is CCOC(=O)c1cc(C(=O)OC)c2c(=O)[nH]c3cc(C)c(C)cc3n12. The van der Waals surface area contributed by atoms with E-state index in [1.54, 1.807) is 6.92 Å². The smallest absolute Gasteiger partial charge is 0.355 e. The molecular weight excluding hydrogens is 324 g/mol. The zero-order chi connectivity index (χ0) is 18.3. The van der Waals surface area contributed by atoms with Crippen LogP contribution >= 0.6 is 0 Å². The zero-order valence-corrected chi connectivity index (χ0v) is 14.4. The van der Waals surface area contributed by atoms with Gasteiger partial charge in [0.25, 0.3) is 5.56 Å². The number of H-pyrrole nitrogens is 1. The Balaban J connectivity index is 2.53. The molecule has 0 atom stereocenters. The Labute approximate surface area is 143 Å². The first kappa shape index (κ1) is 16.8. The highest BCUT2D eigenvalue weighted by Crippen LogP contribution is 2.23. The van der Waals surface area contributed by atoms with Crippen LogP contribution in [0.1, 0.15) is 38.9 Å². The molecule has 0 saturated heterocycles. The fourth-order valence-corrected chi connectivity index (χ4v) is 2.87. The molecule has 2 aromatic heterocycles. The lowest BCUT2D eigenvalue weighted by Crippen LogP contribution is -2.16. The van der Waals surface area contributed by atoms with E-state index in [0.717, 1.165) is 11.1 Å². The summed E-state index contributed by atoms with van der Waals surface area (Å²) in [6.45, 7) is 5.73. The van der Waals surface area contributed by atoms with Gasteiger partial charge in [0, 0.05) is 0 Å². The van der Waals surface area contributed by atoms with Gasteiger partial charge in [-0.2, -0.15) is 0 Å². The maximum absolute atomic E-state index is 12.6. The van der Waals surface area contributed by atoms with Gasteiger partial charge in [-0.3, -0.25) is 9.20 Å². The second kappa shape index (κ2) is 6.08. The fourth-order valence-electron chi connectivity index (χ4n) is 2.87. The number of benzene rings is 1. The summed E-state index contributed by atoms with van der Waals surface area (Å²) in [6, 6.07) is 5.03. The largest absolute Gasteiger partial charge is 0.465 e. The minimum absolute atomic E-state index is 0.0203. The van der Waals surface area contributed by atoms with E-state index < -0.39 is 17.5 Å². The molecule has 7 heteroatoms. The van der Waals surface area contributed by atoms with E-state index in [-0.39, 0.29) is 23.4 Å². The minimum atomic E-state index is -0.693. The van der Waals surface area contributed by atoms with Crippen molar-refractivity contribution in [2.24, 2.45) is 0 Å². The van der Waals surface area contributed by atoms with Crippen molar-refractivity contribution < 1.29 is 19.1 Å². The van der Waals surface area contributed by atoms with Gasteiger partial charge in [0.1, 0.15) is 11.2 Å². The van der Waals surface area contributed by atoms with Crippen LogP contribution < -0.4 is 5.56 Å². The van der Waals surface area contributed by atoms with E-state index in [0.29, 0.717) is 11.0 Å². The number of aromatic nitrogens is 2. The average Bonchev–Trinajstić information content (AvgIpc) is 2.98. The minimum Gasteiger partial charge on any atom is -0.465 e. The van der Waals surface area contributed by atoms with Crippen LogP contribution in [-0.4, -0.2) is 35.0 Å². The molecule has 2 heterocycles. The van der Waals surface area contributed by atoms with Crippen LogP contribution in [0, 0.1) is 13.8 Å². The van der Waals surface area contributed by atoms with E-state index in [1.165, 1.54) is 17.6 Å². The number of methoxy groups -OCH3 is 1. The summed E-state index contributed by atoms with van der Waals surface area (Å²) in [7, 11) is 1.22. The van der Waals surface area contributed by atoms with Crippen molar-refractivity contribution in [2.75, 3.05) is 13.7 Å². The summed E-state index contributed by atoms with van der Waals surface area (Å²) in [6.07, 6.45) is 0. The summed E-state index contributed by atoms with van der Waals surface area (Å²) in [5.74, 6) is -1.31. The lowest BCUT2D eigenvalue weighted by atomic mass is 10.1. The number of aryl methyl sites for hydroxylation is 2. The zero-order valence-electron chi connectivity index (χ0n) is 14.4. The number of carbonyl (C=O) groups is 2. The van der Waals surface area contributed by atoms with E-state index in [1.807, 2.05) is 26.0 Å². The number of carbonyl (C=O) groups excluding carboxylic acids is 2. The Morgan fingerprint density at radius 3 is 2.44 bits per heavy atom. The first-order chi connectivity index (χ1) is 11.9. The molecule has 1 N–H and O–H groups in total. The van der Waals surface area contributed by atoms with Gasteiger partial charge in [-0.15, -0.1) is 0 Å². The summed E-state index contributed by atoms with van der Waals surface area (Å²) < 4.78 is 11.3. The molecule has 0 unspecified atom stereocenters. The molecule has 0 amide bonds. The van der Waals surface area contributed by atoms with Gasteiger partial charge >= 0.3 is 11.9 Å². The van der Waals surface area contributed by atoms with E-state index in [2.05, 4.69) is 4.98 Å². The molecule has 0 aliphatic carbocycles. The van der Waals surface area contributed by atoms with Gasteiger partial charge in [0.15, 0.2) is 0 Å². The number of hydrogen-bond acceptors (Lipinski definition) is 5. The molecule has 25 heavy (non-hydrogen) atoms. The summed E-state index contributed by atoms with van der Waals surface area (Å²) >= 11 is 0. The molecular formula is C18H18N2O5. The van der Waals surface area contributed by atoms with Gasteiger partial charge in [0.05, 0.1) is 30.3 Å². The Kier molecular flexibility index (Phi) is 4.08. The molecule has 0 radical (unpaired) electrons. The fraction of sp³-hybridized carbons (Fsp3) is 0.278. The van der Waals surface area contributed by atoms with Crippen molar-refractivity contribution >= 4 is 28.5 Å². The molecule has 0 bridgehead atoms. The Hall–Kier alpha value is -3.09. The molecule has 0 spiro atoms. The molecule has 1 aromatic carbocycles. The van der Waals surface area contributed by atoms with Gasteiger partial charge in [-0.1, -0.05) is 0 Å². The van der Waals surface area contributed by atoms with Gasteiger partial charge < -0.3 is 14.5 Å². The maximum Gasteiger partial charge on any atom is 0.355 e. The molecule has 0 fully saturated rings. The molecule has 0 saturated carbocycles. The third-order valence-corrected chi connectivity index (χ3v) is 4.21. The number of aromatic amines is 1. The van der Waals surface area contributed by atoms with Crippen LogP contribution in [-0.2, 0) is 9.47 Å². The topological polar surface area (TPSA) is 89.9 Å². The molecule has 3 aromatic rings. The number of nitrogens with one attached hydrogen (secondary N) is 1. The molecule has 0 aliphatic rings. The van der Waals surface area contributed by atoms with Crippen LogP contribution in [0.5, 0.6) is 0 Å². The Morgan fingerprint density at radius 2 is 1.80 bits per heavy atom. The first-order valence-electron chi connectivity index (χ1n) is 7.83. The van der Waals surface area contributed by atoms with Crippen LogP contribution in [0.4, 0.5) is 0 Å². The summed E-state index contributed by atoms with van der Waals surface area (Å²) in [5, 5.41) is 0.